The third kappa shape index (κ3) is 3.05. The van der Waals surface area contributed by atoms with Gasteiger partial charge in [-0.1, -0.05) is 11.6 Å². The number of halogens is 1. The first-order chi connectivity index (χ1) is 12.1. The van der Waals surface area contributed by atoms with Crippen molar-refractivity contribution in [1.82, 2.24) is 24.6 Å². The molecule has 0 aliphatic carbocycles. The van der Waals surface area contributed by atoms with Crippen LogP contribution in [0.5, 0.6) is 0 Å². The van der Waals surface area contributed by atoms with Crippen molar-refractivity contribution in [1.29, 1.82) is 0 Å². The molecule has 1 aromatic carbocycles. The van der Waals surface area contributed by atoms with Crippen LogP contribution in [0.1, 0.15) is 24.5 Å². The number of fused-ring (bicyclic) bond motifs is 2. The SMILES string of the molecule is O=C(CCn1c(=O)oc2cc(Cl)ccc21)NCc1nnc2n1CCC2. The number of hydrogen-bond acceptors (Lipinski definition) is 5. The Kier molecular flexibility index (Phi) is 4.04. The largest absolute Gasteiger partial charge is 0.419 e. The zero-order valence-electron chi connectivity index (χ0n) is 13.4. The lowest BCUT2D eigenvalue weighted by atomic mass is 10.3. The summed E-state index contributed by atoms with van der Waals surface area (Å²) in [6.07, 6.45) is 2.16. The first-order valence-corrected chi connectivity index (χ1v) is 8.46. The van der Waals surface area contributed by atoms with Crippen molar-refractivity contribution in [3.05, 3.63) is 45.4 Å². The van der Waals surface area contributed by atoms with Crippen LogP contribution in [0, 0.1) is 0 Å². The molecule has 4 rings (SSSR count). The first kappa shape index (κ1) is 15.9. The van der Waals surface area contributed by atoms with Gasteiger partial charge < -0.3 is 14.3 Å². The van der Waals surface area contributed by atoms with E-state index in [0.717, 1.165) is 31.0 Å². The van der Waals surface area contributed by atoms with Crippen LogP contribution in [0.2, 0.25) is 5.02 Å². The fourth-order valence-electron chi connectivity index (χ4n) is 3.07. The lowest BCUT2D eigenvalue weighted by Gasteiger charge is -2.06. The lowest BCUT2D eigenvalue weighted by Crippen LogP contribution is -2.27. The van der Waals surface area contributed by atoms with E-state index in [1.165, 1.54) is 4.57 Å². The van der Waals surface area contributed by atoms with E-state index in [4.69, 9.17) is 16.0 Å². The summed E-state index contributed by atoms with van der Waals surface area (Å²) in [6.45, 7) is 1.46. The number of nitrogens with zero attached hydrogens (tertiary/aromatic N) is 4. The molecular weight excluding hydrogens is 346 g/mol. The van der Waals surface area contributed by atoms with Crippen molar-refractivity contribution in [2.24, 2.45) is 0 Å². The topological polar surface area (TPSA) is 94.9 Å². The van der Waals surface area contributed by atoms with Crippen LogP contribution in [0.4, 0.5) is 0 Å². The molecule has 0 radical (unpaired) electrons. The molecule has 0 atom stereocenters. The maximum absolute atomic E-state index is 12.1. The number of rotatable bonds is 5. The van der Waals surface area contributed by atoms with Gasteiger partial charge in [0.15, 0.2) is 11.4 Å². The van der Waals surface area contributed by atoms with Crippen molar-refractivity contribution in [2.45, 2.75) is 38.9 Å². The average molecular weight is 362 g/mol. The van der Waals surface area contributed by atoms with Gasteiger partial charge in [-0.15, -0.1) is 10.2 Å². The molecular formula is C16H16ClN5O3. The third-order valence-corrected chi connectivity index (χ3v) is 4.56. The van der Waals surface area contributed by atoms with Gasteiger partial charge in [0.05, 0.1) is 12.1 Å². The molecule has 8 nitrogen and oxygen atoms in total. The van der Waals surface area contributed by atoms with E-state index in [2.05, 4.69) is 15.5 Å². The zero-order chi connectivity index (χ0) is 17.4. The minimum Gasteiger partial charge on any atom is -0.408 e. The number of nitrogens with one attached hydrogen (secondary N) is 1. The van der Waals surface area contributed by atoms with Gasteiger partial charge in [-0.2, -0.15) is 0 Å². The monoisotopic (exact) mass is 361 g/mol. The number of aromatic nitrogens is 4. The Morgan fingerprint density at radius 1 is 1.36 bits per heavy atom. The number of hydrogen-bond donors (Lipinski definition) is 1. The van der Waals surface area contributed by atoms with Crippen LogP contribution >= 0.6 is 11.6 Å². The number of amides is 1. The fraction of sp³-hybridized carbons (Fsp3) is 0.375. The predicted molar refractivity (Wildman–Crippen MR) is 90.3 cm³/mol. The highest BCUT2D eigenvalue weighted by Crippen LogP contribution is 2.18. The van der Waals surface area contributed by atoms with Gasteiger partial charge in [-0.25, -0.2) is 4.79 Å². The Bertz CT molecular complexity index is 1000. The van der Waals surface area contributed by atoms with Crippen molar-refractivity contribution in [3.63, 3.8) is 0 Å². The van der Waals surface area contributed by atoms with Gasteiger partial charge in [0.1, 0.15) is 5.82 Å². The predicted octanol–water partition coefficient (Wildman–Crippen LogP) is 1.49. The molecule has 0 unspecified atom stereocenters. The lowest BCUT2D eigenvalue weighted by molar-refractivity contribution is -0.121. The summed E-state index contributed by atoms with van der Waals surface area (Å²) in [7, 11) is 0. The minimum absolute atomic E-state index is 0.162. The normalized spacial score (nSPS) is 13.3. The summed E-state index contributed by atoms with van der Waals surface area (Å²) < 4.78 is 8.62. The van der Waals surface area contributed by atoms with E-state index < -0.39 is 5.76 Å². The number of aryl methyl sites for hydroxylation is 2. The highest BCUT2D eigenvalue weighted by Gasteiger charge is 2.17. The minimum atomic E-state index is -0.500. The Labute approximate surface area is 147 Å². The number of benzene rings is 1. The molecule has 25 heavy (non-hydrogen) atoms. The quantitative estimate of drug-likeness (QED) is 0.743. The van der Waals surface area contributed by atoms with E-state index in [1.807, 2.05) is 4.57 Å². The molecule has 3 heterocycles. The highest BCUT2D eigenvalue weighted by atomic mass is 35.5. The van der Waals surface area contributed by atoms with Crippen molar-refractivity contribution in [3.8, 4) is 0 Å². The molecule has 0 saturated carbocycles. The smallest absolute Gasteiger partial charge is 0.408 e. The molecule has 1 aliphatic heterocycles. The van der Waals surface area contributed by atoms with Crippen LogP contribution in [0.25, 0.3) is 11.1 Å². The summed E-state index contributed by atoms with van der Waals surface area (Å²) in [5.74, 6) is 1.08. The summed E-state index contributed by atoms with van der Waals surface area (Å²) in [5, 5.41) is 11.5. The maximum Gasteiger partial charge on any atom is 0.419 e. The van der Waals surface area contributed by atoms with Gasteiger partial charge in [-0.05, 0) is 18.6 Å². The van der Waals surface area contributed by atoms with Gasteiger partial charge in [0.2, 0.25) is 5.91 Å². The fourth-order valence-corrected chi connectivity index (χ4v) is 3.23. The summed E-state index contributed by atoms with van der Waals surface area (Å²) >= 11 is 5.89. The number of carbonyl (C=O) groups is 1. The molecule has 9 heteroatoms. The molecule has 1 N–H and O–H groups in total. The molecule has 0 fully saturated rings. The van der Waals surface area contributed by atoms with Gasteiger partial charge in [-0.3, -0.25) is 9.36 Å². The number of carbonyl (C=O) groups excluding carboxylic acids is 1. The van der Waals surface area contributed by atoms with E-state index in [1.54, 1.807) is 18.2 Å². The maximum atomic E-state index is 12.1. The molecule has 0 spiro atoms. The van der Waals surface area contributed by atoms with E-state index in [0.29, 0.717) is 22.7 Å². The van der Waals surface area contributed by atoms with Crippen LogP contribution < -0.4 is 11.1 Å². The van der Waals surface area contributed by atoms with Crippen molar-refractivity contribution in [2.75, 3.05) is 0 Å². The van der Waals surface area contributed by atoms with E-state index in [9.17, 15) is 9.59 Å². The standard InChI is InChI=1S/C16H16ClN5O3/c17-10-3-4-11-12(8-10)25-16(24)21(11)7-5-15(23)18-9-14-20-19-13-2-1-6-22(13)14/h3-4,8H,1-2,5-7,9H2,(H,18,23). The van der Waals surface area contributed by atoms with Gasteiger partial charge >= 0.3 is 5.76 Å². The Hall–Kier alpha value is -2.61. The summed E-state index contributed by atoms with van der Waals surface area (Å²) in [5.41, 5.74) is 1.04. The van der Waals surface area contributed by atoms with Crippen molar-refractivity contribution >= 4 is 28.6 Å². The molecule has 0 bridgehead atoms. The second-order valence-electron chi connectivity index (χ2n) is 5.95. The van der Waals surface area contributed by atoms with E-state index >= 15 is 0 Å². The zero-order valence-corrected chi connectivity index (χ0v) is 14.1. The highest BCUT2D eigenvalue weighted by molar-refractivity contribution is 6.31. The molecule has 3 aromatic rings. The van der Waals surface area contributed by atoms with Crippen LogP contribution in [-0.4, -0.2) is 25.2 Å². The van der Waals surface area contributed by atoms with Gasteiger partial charge in [0.25, 0.3) is 0 Å². The summed E-state index contributed by atoms with van der Waals surface area (Å²) in [6, 6.07) is 4.97. The van der Waals surface area contributed by atoms with Gasteiger partial charge in [0, 0.05) is 37.0 Å². The van der Waals surface area contributed by atoms with Crippen LogP contribution in [0.15, 0.2) is 27.4 Å². The Balaban J connectivity index is 1.39. The molecule has 1 aliphatic rings. The second kappa shape index (κ2) is 6.36. The molecule has 0 saturated heterocycles. The molecule has 2 aromatic heterocycles. The third-order valence-electron chi connectivity index (χ3n) is 4.32. The molecule has 130 valence electrons. The average Bonchev–Trinajstić information content (AvgIpc) is 3.25. The Morgan fingerprint density at radius 3 is 3.12 bits per heavy atom. The first-order valence-electron chi connectivity index (χ1n) is 8.08. The number of oxazole rings is 1. The van der Waals surface area contributed by atoms with Crippen molar-refractivity contribution < 1.29 is 9.21 Å². The molecule has 1 amide bonds. The van der Waals surface area contributed by atoms with Crippen LogP contribution in [0.3, 0.4) is 0 Å². The summed E-state index contributed by atoms with van der Waals surface area (Å²) in [4.78, 5) is 24.0. The van der Waals surface area contributed by atoms with Crippen LogP contribution in [-0.2, 0) is 30.8 Å². The second-order valence-corrected chi connectivity index (χ2v) is 6.38. The van der Waals surface area contributed by atoms with E-state index in [-0.39, 0.29) is 18.9 Å². The Morgan fingerprint density at radius 2 is 2.24 bits per heavy atom.